The fourth-order valence-electron chi connectivity index (χ4n) is 3.13. The van der Waals surface area contributed by atoms with Crippen LogP contribution >= 0.6 is 0 Å². The summed E-state index contributed by atoms with van der Waals surface area (Å²) in [5.74, 6) is 0.384. The van der Waals surface area contributed by atoms with Crippen molar-refractivity contribution in [3.8, 4) is 5.75 Å². The highest BCUT2D eigenvalue weighted by atomic mass is 16.5. The minimum absolute atomic E-state index is 0.0482. The largest absolute Gasteiger partial charge is 0.491 e. The number of nitrogens with zero attached hydrogens (tertiary/aromatic N) is 2. The Morgan fingerprint density at radius 3 is 2.44 bits per heavy atom. The van der Waals surface area contributed by atoms with Gasteiger partial charge in [-0.3, -0.25) is 13.9 Å². The summed E-state index contributed by atoms with van der Waals surface area (Å²) in [6.45, 7) is 7.01. The Hall–Kier alpha value is -3.02. The molecule has 1 amide bonds. The van der Waals surface area contributed by atoms with Crippen molar-refractivity contribution in [3.05, 3.63) is 58.5 Å². The van der Waals surface area contributed by atoms with Gasteiger partial charge in [0.15, 0.2) is 0 Å². The number of aryl methyl sites for hydroxylation is 2. The van der Waals surface area contributed by atoms with E-state index in [4.69, 9.17) is 4.74 Å². The van der Waals surface area contributed by atoms with E-state index < -0.39 is 0 Å². The molecule has 0 unspecified atom stereocenters. The highest BCUT2D eigenvalue weighted by molar-refractivity contribution is 5.93. The van der Waals surface area contributed by atoms with Crippen molar-refractivity contribution in [1.29, 1.82) is 0 Å². The predicted molar refractivity (Wildman–Crippen MR) is 107 cm³/mol. The molecular formula is C21H25N3O3. The minimum Gasteiger partial charge on any atom is -0.491 e. The van der Waals surface area contributed by atoms with Crippen molar-refractivity contribution in [3.63, 3.8) is 0 Å². The molecule has 0 saturated heterocycles. The van der Waals surface area contributed by atoms with Crippen LogP contribution in [-0.4, -0.2) is 21.6 Å². The number of imidazole rings is 1. The molecule has 0 aliphatic heterocycles. The summed E-state index contributed by atoms with van der Waals surface area (Å²) < 4.78 is 8.93. The summed E-state index contributed by atoms with van der Waals surface area (Å²) >= 11 is 0. The number of benzene rings is 2. The summed E-state index contributed by atoms with van der Waals surface area (Å²) in [7, 11) is 0. The quantitative estimate of drug-likeness (QED) is 0.694. The van der Waals surface area contributed by atoms with E-state index in [0.717, 1.165) is 23.0 Å². The molecule has 3 rings (SSSR count). The fourth-order valence-corrected chi connectivity index (χ4v) is 3.13. The number of amides is 1. The van der Waals surface area contributed by atoms with Crippen LogP contribution in [0.15, 0.2) is 47.3 Å². The van der Waals surface area contributed by atoms with Crippen molar-refractivity contribution < 1.29 is 9.53 Å². The van der Waals surface area contributed by atoms with E-state index in [1.54, 1.807) is 4.57 Å². The molecule has 0 bridgehead atoms. The number of fused-ring (bicyclic) bond motifs is 1. The van der Waals surface area contributed by atoms with Crippen molar-refractivity contribution in [1.82, 2.24) is 9.13 Å². The predicted octanol–water partition coefficient (Wildman–Crippen LogP) is 3.56. The number of ether oxygens (including phenoxy) is 1. The summed E-state index contributed by atoms with van der Waals surface area (Å²) in [6.07, 6.45) is 0.882. The van der Waals surface area contributed by atoms with Crippen molar-refractivity contribution in [2.45, 2.75) is 40.3 Å². The van der Waals surface area contributed by atoms with Crippen molar-refractivity contribution in [2.75, 3.05) is 11.9 Å². The number of nitrogens with one attached hydrogen (secondary N) is 1. The van der Waals surface area contributed by atoms with Gasteiger partial charge in [-0.1, -0.05) is 25.1 Å². The first-order chi connectivity index (χ1) is 13.0. The van der Waals surface area contributed by atoms with Crippen LogP contribution in [-0.2, 0) is 17.9 Å². The molecule has 0 aliphatic carbocycles. The Labute approximate surface area is 158 Å². The standard InChI is InChI=1S/C21H25N3O3/c1-4-12-27-19-13-15(3)10-11-16(19)22-20(25)14-24-18-9-7-6-8-17(18)23(5-2)21(24)26/h6-11,13H,4-5,12,14H2,1-3H3,(H,22,25). The molecule has 0 aliphatic rings. The number of hydrogen-bond acceptors (Lipinski definition) is 3. The van der Waals surface area contributed by atoms with Crippen molar-refractivity contribution >= 4 is 22.6 Å². The van der Waals surface area contributed by atoms with Crippen LogP contribution in [0.4, 0.5) is 5.69 Å². The van der Waals surface area contributed by atoms with Gasteiger partial charge in [-0.2, -0.15) is 0 Å². The lowest BCUT2D eigenvalue weighted by atomic mass is 10.2. The van der Waals surface area contributed by atoms with Crippen LogP contribution < -0.4 is 15.7 Å². The van der Waals surface area contributed by atoms with Gasteiger partial charge in [-0.15, -0.1) is 0 Å². The van der Waals surface area contributed by atoms with E-state index in [2.05, 4.69) is 5.32 Å². The zero-order valence-electron chi connectivity index (χ0n) is 16.0. The second-order valence-corrected chi connectivity index (χ2v) is 6.50. The molecule has 2 aromatic carbocycles. The smallest absolute Gasteiger partial charge is 0.329 e. The van der Waals surface area contributed by atoms with E-state index in [-0.39, 0.29) is 18.1 Å². The molecule has 6 heteroatoms. The van der Waals surface area contributed by atoms with Crippen molar-refractivity contribution in [2.24, 2.45) is 0 Å². The summed E-state index contributed by atoms with van der Waals surface area (Å²) in [6, 6.07) is 13.2. The molecule has 0 saturated carbocycles. The van der Waals surface area contributed by atoms with E-state index in [0.29, 0.717) is 24.6 Å². The number of carbonyl (C=O) groups is 1. The molecule has 0 spiro atoms. The zero-order chi connectivity index (χ0) is 19.4. The number of carbonyl (C=O) groups excluding carboxylic acids is 1. The van der Waals surface area contributed by atoms with E-state index in [1.165, 1.54) is 4.57 Å². The minimum atomic E-state index is -0.263. The third-order valence-electron chi connectivity index (χ3n) is 4.42. The Balaban J connectivity index is 1.86. The van der Waals surface area contributed by atoms with Crippen LogP contribution in [0.25, 0.3) is 11.0 Å². The molecule has 1 N–H and O–H groups in total. The molecule has 6 nitrogen and oxygen atoms in total. The Morgan fingerprint density at radius 2 is 1.78 bits per heavy atom. The van der Waals surface area contributed by atoms with Crippen LogP contribution in [0, 0.1) is 6.92 Å². The van der Waals surface area contributed by atoms with Gasteiger partial charge < -0.3 is 10.1 Å². The maximum atomic E-state index is 12.7. The number of anilines is 1. The first-order valence-corrected chi connectivity index (χ1v) is 9.26. The first kappa shape index (κ1) is 18.8. The Kier molecular flexibility index (Phi) is 5.64. The molecule has 0 atom stereocenters. The number of hydrogen-bond donors (Lipinski definition) is 1. The van der Waals surface area contributed by atoms with E-state index >= 15 is 0 Å². The molecule has 3 aromatic rings. The molecule has 27 heavy (non-hydrogen) atoms. The van der Waals surface area contributed by atoms with Gasteiger partial charge in [-0.25, -0.2) is 4.79 Å². The molecule has 0 fully saturated rings. The first-order valence-electron chi connectivity index (χ1n) is 9.26. The zero-order valence-corrected chi connectivity index (χ0v) is 16.0. The van der Waals surface area contributed by atoms with Crippen LogP contribution in [0.5, 0.6) is 5.75 Å². The van der Waals surface area contributed by atoms with Crippen LogP contribution in [0.1, 0.15) is 25.8 Å². The molecule has 1 heterocycles. The van der Waals surface area contributed by atoms with Gasteiger partial charge in [0.05, 0.1) is 23.3 Å². The molecule has 142 valence electrons. The lowest BCUT2D eigenvalue weighted by molar-refractivity contribution is -0.116. The second-order valence-electron chi connectivity index (χ2n) is 6.50. The maximum absolute atomic E-state index is 12.7. The molecular weight excluding hydrogens is 342 g/mol. The third-order valence-corrected chi connectivity index (χ3v) is 4.42. The highest BCUT2D eigenvalue weighted by Crippen LogP contribution is 2.26. The van der Waals surface area contributed by atoms with Crippen LogP contribution in [0.3, 0.4) is 0 Å². The number of rotatable bonds is 7. The SMILES string of the molecule is CCCOc1cc(C)ccc1NC(=O)Cn1c(=O)n(CC)c2ccccc21. The molecule has 0 radical (unpaired) electrons. The third kappa shape index (κ3) is 3.89. The monoisotopic (exact) mass is 367 g/mol. The Morgan fingerprint density at radius 1 is 1.07 bits per heavy atom. The lowest BCUT2D eigenvalue weighted by Gasteiger charge is -2.13. The summed E-state index contributed by atoms with van der Waals surface area (Å²) in [4.78, 5) is 25.3. The number of para-hydroxylation sites is 2. The van der Waals surface area contributed by atoms with Gasteiger partial charge in [0.25, 0.3) is 0 Å². The average molecular weight is 367 g/mol. The topological polar surface area (TPSA) is 65.3 Å². The highest BCUT2D eigenvalue weighted by Gasteiger charge is 2.15. The summed E-state index contributed by atoms with van der Waals surface area (Å²) in [5, 5.41) is 2.88. The fraction of sp³-hybridized carbons (Fsp3) is 0.333. The van der Waals surface area contributed by atoms with E-state index in [9.17, 15) is 9.59 Å². The van der Waals surface area contributed by atoms with Gasteiger partial charge in [-0.05, 0) is 50.1 Å². The maximum Gasteiger partial charge on any atom is 0.329 e. The lowest BCUT2D eigenvalue weighted by Crippen LogP contribution is -2.29. The second kappa shape index (κ2) is 8.12. The van der Waals surface area contributed by atoms with Gasteiger partial charge in [0, 0.05) is 6.54 Å². The van der Waals surface area contributed by atoms with E-state index in [1.807, 2.05) is 63.2 Å². The van der Waals surface area contributed by atoms with Gasteiger partial charge in [0.1, 0.15) is 12.3 Å². The Bertz CT molecular complexity index is 1020. The van der Waals surface area contributed by atoms with Gasteiger partial charge >= 0.3 is 5.69 Å². The normalized spacial score (nSPS) is 10.9. The van der Waals surface area contributed by atoms with Gasteiger partial charge in [0.2, 0.25) is 5.91 Å². The average Bonchev–Trinajstić information content (AvgIpc) is 2.93. The summed E-state index contributed by atoms with van der Waals surface area (Å²) in [5.41, 5.74) is 3.08. The van der Waals surface area contributed by atoms with Crippen LogP contribution in [0.2, 0.25) is 0 Å². The molecule has 1 aromatic heterocycles. The number of aromatic nitrogens is 2.